The molecular weight excluding hydrogens is 510 g/mol. The van der Waals surface area contributed by atoms with E-state index in [4.69, 9.17) is 25.6 Å². The number of aromatic nitrogens is 5. The molecule has 0 amide bonds. The minimum atomic E-state index is 0.416. The quantitative estimate of drug-likeness (QED) is 0.183. The molecule has 0 saturated carbocycles. The number of hydrogen-bond acceptors (Lipinski definition) is 8. The van der Waals surface area contributed by atoms with Crippen molar-refractivity contribution in [1.29, 1.82) is 0 Å². The maximum absolute atomic E-state index is 6.11. The molecule has 2 aromatic heterocycles. The zero-order chi connectivity index (χ0) is 25.6. The molecule has 0 fully saturated rings. The minimum absolute atomic E-state index is 0.416. The van der Waals surface area contributed by atoms with Gasteiger partial charge in [0.15, 0.2) is 11.0 Å². The van der Waals surface area contributed by atoms with E-state index in [1.165, 1.54) is 11.8 Å². The lowest BCUT2D eigenvalue weighted by molar-refractivity contribution is 0.340. The number of rotatable bonds is 10. The Kier molecular flexibility index (Phi) is 7.72. The van der Waals surface area contributed by atoms with Crippen molar-refractivity contribution >= 4 is 23.4 Å². The number of thioether (sulfide) groups is 1. The Balaban J connectivity index is 1.43. The van der Waals surface area contributed by atoms with E-state index in [2.05, 4.69) is 20.3 Å². The summed E-state index contributed by atoms with van der Waals surface area (Å²) in [6.45, 7) is 5.05. The molecule has 2 heterocycles. The minimum Gasteiger partial charge on any atom is -0.494 e. The highest BCUT2D eigenvalue weighted by Gasteiger charge is 2.19. The SMILES string of the molecule is CCOc1ccc(-n2c(SCc3nc(-c4ccccc4OCC)no3)nnc2-c2ccc(Cl)cc2)cc1. The van der Waals surface area contributed by atoms with Gasteiger partial charge in [-0.25, -0.2) is 0 Å². The van der Waals surface area contributed by atoms with Gasteiger partial charge in [0, 0.05) is 16.3 Å². The number of halogens is 1. The Morgan fingerprint density at radius 3 is 2.41 bits per heavy atom. The number of para-hydroxylation sites is 1. The van der Waals surface area contributed by atoms with Gasteiger partial charge in [0.2, 0.25) is 11.7 Å². The lowest BCUT2D eigenvalue weighted by Crippen LogP contribution is -2.00. The van der Waals surface area contributed by atoms with Gasteiger partial charge in [0.1, 0.15) is 11.5 Å². The molecule has 0 radical (unpaired) electrons. The summed E-state index contributed by atoms with van der Waals surface area (Å²) in [4.78, 5) is 4.58. The van der Waals surface area contributed by atoms with Crippen molar-refractivity contribution in [2.45, 2.75) is 24.8 Å². The largest absolute Gasteiger partial charge is 0.494 e. The van der Waals surface area contributed by atoms with E-state index in [9.17, 15) is 0 Å². The first-order chi connectivity index (χ1) is 18.2. The summed E-state index contributed by atoms with van der Waals surface area (Å²) >= 11 is 7.56. The summed E-state index contributed by atoms with van der Waals surface area (Å²) in [6, 6.07) is 23.0. The number of nitrogens with zero attached hydrogens (tertiary/aromatic N) is 5. The van der Waals surface area contributed by atoms with Crippen molar-refractivity contribution in [3.05, 3.63) is 83.7 Å². The zero-order valence-electron chi connectivity index (χ0n) is 20.3. The molecule has 0 saturated heterocycles. The van der Waals surface area contributed by atoms with Crippen molar-refractivity contribution in [1.82, 2.24) is 24.9 Å². The predicted octanol–water partition coefficient (Wildman–Crippen LogP) is 6.73. The Hall–Kier alpha value is -3.82. The number of benzene rings is 3. The van der Waals surface area contributed by atoms with Gasteiger partial charge in [-0.15, -0.1) is 10.2 Å². The molecule has 0 unspecified atom stereocenters. The molecular formula is C27H24ClN5O3S. The monoisotopic (exact) mass is 533 g/mol. The lowest BCUT2D eigenvalue weighted by Gasteiger charge is -2.11. The first-order valence-electron chi connectivity index (χ1n) is 11.8. The average molecular weight is 534 g/mol. The van der Waals surface area contributed by atoms with Crippen LogP contribution in [0.3, 0.4) is 0 Å². The maximum Gasteiger partial charge on any atom is 0.237 e. The molecule has 5 aromatic rings. The Labute approximate surface area is 223 Å². The third kappa shape index (κ3) is 5.63. The van der Waals surface area contributed by atoms with Crippen LogP contribution in [-0.2, 0) is 5.75 Å². The van der Waals surface area contributed by atoms with Crippen molar-refractivity contribution in [2.24, 2.45) is 0 Å². The second-order valence-corrected chi connectivity index (χ2v) is 9.18. The van der Waals surface area contributed by atoms with Crippen LogP contribution in [0.2, 0.25) is 5.02 Å². The van der Waals surface area contributed by atoms with Crippen LogP contribution in [0.4, 0.5) is 0 Å². The molecule has 0 N–H and O–H groups in total. The van der Waals surface area contributed by atoms with E-state index in [1.807, 2.05) is 91.2 Å². The molecule has 0 bridgehead atoms. The van der Waals surface area contributed by atoms with E-state index in [0.29, 0.717) is 52.4 Å². The molecule has 5 rings (SSSR count). The summed E-state index contributed by atoms with van der Waals surface area (Å²) in [7, 11) is 0. The second kappa shape index (κ2) is 11.5. The van der Waals surface area contributed by atoms with E-state index >= 15 is 0 Å². The highest BCUT2D eigenvalue weighted by Crippen LogP contribution is 2.32. The van der Waals surface area contributed by atoms with Gasteiger partial charge in [0.25, 0.3) is 0 Å². The van der Waals surface area contributed by atoms with Crippen molar-refractivity contribution in [3.63, 3.8) is 0 Å². The van der Waals surface area contributed by atoms with Crippen molar-refractivity contribution in [3.8, 4) is 40.0 Å². The maximum atomic E-state index is 6.11. The molecule has 10 heteroatoms. The van der Waals surface area contributed by atoms with Crippen LogP contribution in [0.25, 0.3) is 28.5 Å². The van der Waals surface area contributed by atoms with Crippen LogP contribution in [-0.4, -0.2) is 38.1 Å². The molecule has 0 aliphatic heterocycles. The standard InChI is InChI=1S/C27H24ClN5O3S/c1-3-34-21-15-13-20(14-16-21)33-26(18-9-11-19(28)12-10-18)30-31-27(33)37-17-24-29-25(32-36-24)22-7-5-6-8-23(22)35-4-2/h5-16H,3-4,17H2,1-2H3. The van der Waals surface area contributed by atoms with Gasteiger partial charge in [-0.05, 0) is 74.5 Å². The number of ether oxygens (including phenoxy) is 2. The molecule has 8 nitrogen and oxygen atoms in total. The molecule has 0 aliphatic rings. The van der Waals surface area contributed by atoms with Gasteiger partial charge >= 0.3 is 0 Å². The zero-order valence-corrected chi connectivity index (χ0v) is 21.9. The van der Waals surface area contributed by atoms with Crippen LogP contribution in [0.5, 0.6) is 11.5 Å². The fourth-order valence-corrected chi connectivity index (χ4v) is 4.64. The Morgan fingerprint density at radius 2 is 1.65 bits per heavy atom. The van der Waals surface area contributed by atoms with Crippen LogP contribution < -0.4 is 9.47 Å². The second-order valence-electron chi connectivity index (χ2n) is 7.80. The molecule has 0 atom stereocenters. The number of hydrogen-bond donors (Lipinski definition) is 0. The summed E-state index contributed by atoms with van der Waals surface area (Å²) in [5.41, 5.74) is 2.58. The summed E-state index contributed by atoms with van der Waals surface area (Å²) in [5, 5.41) is 14.5. The first kappa shape index (κ1) is 24.9. The van der Waals surface area contributed by atoms with Gasteiger partial charge in [0.05, 0.1) is 24.5 Å². The van der Waals surface area contributed by atoms with Crippen LogP contribution >= 0.6 is 23.4 Å². The molecule has 0 aliphatic carbocycles. The normalized spacial score (nSPS) is 11.0. The van der Waals surface area contributed by atoms with Gasteiger partial charge in [-0.1, -0.05) is 40.7 Å². The van der Waals surface area contributed by atoms with E-state index in [0.717, 1.165) is 22.6 Å². The van der Waals surface area contributed by atoms with Gasteiger partial charge in [-0.2, -0.15) is 4.98 Å². The summed E-state index contributed by atoms with van der Waals surface area (Å²) in [6.07, 6.45) is 0. The summed E-state index contributed by atoms with van der Waals surface area (Å²) < 4.78 is 18.8. The summed E-state index contributed by atoms with van der Waals surface area (Å²) in [5.74, 6) is 3.58. The average Bonchev–Trinajstić information content (AvgIpc) is 3.57. The van der Waals surface area contributed by atoms with Crippen LogP contribution in [0.15, 0.2) is 82.5 Å². The highest BCUT2D eigenvalue weighted by molar-refractivity contribution is 7.98. The van der Waals surface area contributed by atoms with Gasteiger partial charge in [-0.3, -0.25) is 4.57 Å². The van der Waals surface area contributed by atoms with Gasteiger partial charge < -0.3 is 14.0 Å². The van der Waals surface area contributed by atoms with Crippen molar-refractivity contribution < 1.29 is 14.0 Å². The van der Waals surface area contributed by atoms with E-state index in [-0.39, 0.29) is 0 Å². The fraction of sp³-hybridized carbons (Fsp3) is 0.185. The highest BCUT2D eigenvalue weighted by atomic mass is 35.5. The molecule has 0 spiro atoms. The lowest BCUT2D eigenvalue weighted by atomic mass is 10.2. The van der Waals surface area contributed by atoms with E-state index in [1.54, 1.807) is 0 Å². The molecule has 3 aromatic carbocycles. The topological polar surface area (TPSA) is 88.1 Å². The molecule has 188 valence electrons. The van der Waals surface area contributed by atoms with Crippen molar-refractivity contribution in [2.75, 3.05) is 13.2 Å². The third-order valence-electron chi connectivity index (χ3n) is 5.36. The Morgan fingerprint density at radius 1 is 0.892 bits per heavy atom. The third-order valence-corrected chi connectivity index (χ3v) is 6.53. The Bertz CT molecular complexity index is 1470. The first-order valence-corrected chi connectivity index (χ1v) is 13.1. The molecule has 37 heavy (non-hydrogen) atoms. The van der Waals surface area contributed by atoms with Crippen LogP contribution in [0, 0.1) is 0 Å². The predicted molar refractivity (Wildman–Crippen MR) is 143 cm³/mol. The fourth-order valence-electron chi connectivity index (χ4n) is 3.72. The van der Waals surface area contributed by atoms with E-state index < -0.39 is 0 Å². The van der Waals surface area contributed by atoms with Crippen LogP contribution in [0.1, 0.15) is 19.7 Å². The smallest absolute Gasteiger partial charge is 0.237 e.